The van der Waals surface area contributed by atoms with Gasteiger partial charge in [0.2, 0.25) is 0 Å². The van der Waals surface area contributed by atoms with Crippen LogP contribution in [0.1, 0.15) is 19.3 Å². The summed E-state index contributed by atoms with van der Waals surface area (Å²) in [6.45, 7) is 3.88. The average molecular weight is 173 g/mol. The van der Waals surface area contributed by atoms with Gasteiger partial charge in [0, 0.05) is 26.8 Å². The lowest BCUT2D eigenvalue weighted by Crippen LogP contribution is -2.38. The molecule has 1 atom stereocenters. The van der Waals surface area contributed by atoms with Crippen molar-refractivity contribution in [3.63, 3.8) is 0 Å². The molecule has 3 nitrogen and oxygen atoms in total. The molecule has 0 aromatic carbocycles. The molecule has 0 aromatic heterocycles. The van der Waals surface area contributed by atoms with E-state index in [1.807, 2.05) is 0 Å². The third kappa shape index (κ3) is 3.52. The van der Waals surface area contributed by atoms with Gasteiger partial charge in [-0.3, -0.25) is 0 Å². The molecule has 1 saturated heterocycles. The number of β-amino-alcohol motifs (C(OH)–C–C–N with tert-alkyl or cyclic N) is 1. The first-order valence-electron chi connectivity index (χ1n) is 4.72. The molecular weight excluding hydrogens is 154 g/mol. The number of methoxy groups -OCH3 is 1. The molecule has 12 heavy (non-hydrogen) atoms. The van der Waals surface area contributed by atoms with Gasteiger partial charge in [0.25, 0.3) is 0 Å². The third-order valence-corrected chi connectivity index (χ3v) is 2.30. The van der Waals surface area contributed by atoms with E-state index in [0.717, 1.165) is 45.5 Å². The van der Waals surface area contributed by atoms with Crippen molar-refractivity contribution in [3.05, 3.63) is 0 Å². The van der Waals surface area contributed by atoms with E-state index in [2.05, 4.69) is 4.90 Å². The minimum atomic E-state index is -0.0960. The molecule has 0 radical (unpaired) electrons. The van der Waals surface area contributed by atoms with Crippen LogP contribution in [-0.4, -0.2) is 49.5 Å². The maximum absolute atomic E-state index is 9.36. The zero-order chi connectivity index (χ0) is 8.81. The summed E-state index contributed by atoms with van der Waals surface area (Å²) in [7, 11) is 1.73. The number of rotatable bonds is 4. The van der Waals surface area contributed by atoms with Crippen molar-refractivity contribution in [3.8, 4) is 0 Å². The highest BCUT2D eigenvalue weighted by Gasteiger charge is 2.16. The summed E-state index contributed by atoms with van der Waals surface area (Å²) in [4.78, 5) is 2.31. The van der Waals surface area contributed by atoms with E-state index in [0.29, 0.717) is 0 Å². The fourth-order valence-corrected chi connectivity index (χ4v) is 1.67. The molecule has 0 saturated carbocycles. The van der Waals surface area contributed by atoms with Gasteiger partial charge in [-0.2, -0.15) is 0 Å². The van der Waals surface area contributed by atoms with Crippen LogP contribution in [0.4, 0.5) is 0 Å². The molecule has 0 spiro atoms. The van der Waals surface area contributed by atoms with Crippen molar-refractivity contribution in [2.75, 3.05) is 33.4 Å². The molecule has 3 heteroatoms. The number of hydrogen-bond donors (Lipinski definition) is 1. The number of aliphatic hydroxyl groups is 1. The van der Waals surface area contributed by atoms with Crippen LogP contribution in [-0.2, 0) is 4.74 Å². The van der Waals surface area contributed by atoms with Crippen molar-refractivity contribution in [1.29, 1.82) is 0 Å². The Kier molecular flexibility index (Phi) is 4.58. The SMILES string of the molecule is COCCCN1CCC[C@@H](O)C1. The third-order valence-electron chi connectivity index (χ3n) is 2.30. The Labute approximate surface area is 74.3 Å². The smallest absolute Gasteiger partial charge is 0.0667 e. The van der Waals surface area contributed by atoms with Gasteiger partial charge >= 0.3 is 0 Å². The van der Waals surface area contributed by atoms with E-state index in [1.165, 1.54) is 0 Å². The zero-order valence-electron chi connectivity index (χ0n) is 7.83. The molecule has 1 N–H and O–H groups in total. The second-order valence-electron chi connectivity index (χ2n) is 3.44. The van der Waals surface area contributed by atoms with Crippen LogP contribution >= 0.6 is 0 Å². The normalized spacial score (nSPS) is 26.0. The molecule has 0 unspecified atom stereocenters. The van der Waals surface area contributed by atoms with E-state index in [1.54, 1.807) is 7.11 Å². The molecule has 1 rings (SSSR count). The monoisotopic (exact) mass is 173 g/mol. The van der Waals surface area contributed by atoms with Gasteiger partial charge in [0.15, 0.2) is 0 Å². The number of nitrogens with zero attached hydrogens (tertiary/aromatic N) is 1. The highest BCUT2D eigenvalue weighted by atomic mass is 16.5. The topological polar surface area (TPSA) is 32.7 Å². The lowest BCUT2D eigenvalue weighted by Gasteiger charge is -2.29. The van der Waals surface area contributed by atoms with Crippen molar-refractivity contribution >= 4 is 0 Å². The maximum atomic E-state index is 9.36. The van der Waals surface area contributed by atoms with Gasteiger partial charge < -0.3 is 14.7 Å². The lowest BCUT2D eigenvalue weighted by molar-refractivity contribution is 0.0650. The summed E-state index contributed by atoms with van der Waals surface area (Å²) in [5, 5.41) is 9.36. The van der Waals surface area contributed by atoms with Crippen LogP contribution in [0.25, 0.3) is 0 Å². The molecule has 1 aliphatic rings. The van der Waals surface area contributed by atoms with E-state index in [9.17, 15) is 5.11 Å². The Morgan fingerprint density at radius 3 is 3.08 bits per heavy atom. The molecule has 0 aromatic rings. The van der Waals surface area contributed by atoms with E-state index in [4.69, 9.17) is 4.74 Å². The summed E-state index contributed by atoms with van der Waals surface area (Å²) in [5.41, 5.74) is 0. The Bertz CT molecular complexity index is 119. The second kappa shape index (κ2) is 5.51. The minimum Gasteiger partial charge on any atom is -0.392 e. The predicted octanol–water partition coefficient (Wildman–Crippen LogP) is 0.480. The Balaban J connectivity index is 2.06. The number of ether oxygens (including phenoxy) is 1. The quantitative estimate of drug-likeness (QED) is 0.628. The number of aliphatic hydroxyl groups excluding tert-OH is 1. The van der Waals surface area contributed by atoms with Crippen LogP contribution in [0, 0.1) is 0 Å². The Morgan fingerprint density at radius 1 is 1.58 bits per heavy atom. The Hall–Kier alpha value is -0.120. The molecule has 0 bridgehead atoms. The van der Waals surface area contributed by atoms with Crippen LogP contribution < -0.4 is 0 Å². The Morgan fingerprint density at radius 2 is 2.42 bits per heavy atom. The fourth-order valence-electron chi connectivity index (χ4n) is 1.67. The van der Waals surface area contributed by atoms with Gasteiger partial charge in [-0.15, -0.1) is 0 Å². The second-order valence-corrected chi connectivity index (χ2v) is 3.44. The summed E-state index contributed by atoms with van der Waals surface area (Å²) in [5.74, 6) is 0. The summed E-state index contributed by atoms with van der Waals surface area (Å²) >= 11 is 0. The van der Waals surface area contributed by atoms with Gasteiger partial charge in [-0.25, -0.2) is 0 Å². The van der Waals surface area contributed by atoms with Gasteiger partial charge in [0.1, 0.15) is 0 Å². The van der Waals surface area contributed by atoms with Crippen molar-refractivity contribution in [2.45, 2.75) is 25.4 Å². The van der Waals surface area contributed by atoms with Crippen LogP contribution in [0.3, 0.4) is 0 Å². The van der Waals surface area contributed by atoms with Crippen LogP contribution in [0.15, 0.2) is 0 Å². The summed E-state index contributed by atoms with van der Waals surface area (Å²) in [6.07, 6.45) is 3.08. The first kappa shape index (κ1) is 9.96. The first-order chi connectivity index (χ1) is 5.83. The van der Waals surface area contributed by atoms with Gasteiger partial charge in [0.05, 0.1) is 6.10 Å². The molecule has 1 heterocycles. The molecule has 1 fully saturated rings. The fraction of sp³-hybridized carbons (Fsp3) is 1.00. The van der Waals surface area contributed by atoms with Gasteiger partial charge in [-0.05, 0) is 25.8 Å². The molecule has 72 valence electrons. The standard InChI is InChI=1S/C9H19NO2/c1-12-7-3-6-10-5-2-4-9(11)8-10/h9,11H,2-8H2,1H3/t9-/m1/s1. The zero-order valence-corrected chi connectivity index (χ0v) is 7.83. The van der Waals surface area contributed by atoms with Crippen molar-refractivity contribution < 1.29 is 9.84 Å². The van der Waals surface area contributed by atoms with Crippen LogP contribution in [0.2, 0.25) is 0 Å². The highest BCUT2D eigenvalue weighted by molar-refractivity contribution is 4.71. The number of piperidine rings is 1. The first-order valence-corrected chi connectivity index (χ1v) is 4.72. The molecular formula is C9H19NO2. The van der Waals surface area contributed by atoms with E-state index >= 15 is 0 Å². The molecule has 0 aliphatic carbocycles. The maximum Gasteiger partial charge on any atom is 0.0667 e. The van der Waals surface area contributed by atoms with Gasteiger partial charge in [-0.1, -0.05) is 0 Å². The number of hydrogen-bond acceptors (Lipinski definition) is 3. The van der Waals surface area contributed by atoms with E-state index < -0.39 is 0 Å². The molecule has 1 aliphatic heterocycles. The van der Waals surface area contributed by atoms with Crippen LogP contribution in [0.5, 0.6) is 0 Å². The van der Waals surface area contributed by atoms with Crippen molar-refractivity contribution in [2.24, 2.45) is 0 Å². The largest absolute Gasteiger partial charge is 0.392 e. The summed E-state index contributed by atoms with van der Waals surface area (Å²) < 4.78 is 4.97. The molecule has 0 amide bonds. The average Bonchev–Trinajstić information content (AvgIpc) is 2.05. The number of likely N-dealkylation sites (tertiary alicyclic amines) is 1. The van der Waals surface area contributed by atoms with Crippen molar-refractivity contribution in [1.82, 2.24) is 4.90 Å². The van der Waals surface area contributed by atoms with E-state index in [-0.39, 0.29) is 6.10 Å². The summed E-state index contributed by atoms with van der Waals surface area (Å²) in [6, 6.07) is 0. The predicted molar refractivity (Wildman–Crippen MR) is 48.2 cm³/mol. The highest BCUT2D eigenvalue weighted by Crippen LogP contribution is 2.09. The minimum absolute atomic E-state index is 0.0960. The lowest BCUT2D eigenvalue weighted by atomic mass is 10.1.